The molecule has 3 N–H and O–H groups in total. The third-order valence-electron chi connectivity index (χ3n) is 9.02. The molecule has 7 atom stereocenters. The van der Waals surface area contributed by atoms with Gasteiger partial charge < -0.3 is 20.1 Å². The normalized spacial score (nSPS) is 41.5. The van der Waals surface area contributed by atoms with E-state index in [1.807, 2.05) is 13.0 Å². The van der Waals surface area contributed by atoms with Crippen molar-refractivity contribution in [2.75, 3.05) is 6.61 Å². The molecule has 0 aliphatic heterocycles. The zero-order valence-electron chi connectivity index (χ0n) is 19.1. The van der Waals surface area contributed by atoms with Crippen molar-refractivity contribution in [3.8, 4) is 0 Å². The minimum Gasteiger partial charge on any atom is -0.481 e. The largest absolute Gasteiger partial charge is 0.481 e. The second-order valence-corrected chi connectivity index (χ2v) is 10.6. The van der Waals surface area contributed by atoms with Gasteiger partial charge in [-0.1, -0.05) is 25.5 Å². The van der Waals surface area contributed by atoms with Crippen LogP contribution in [0.2, 0.25) is 0 Å². The van der Waals surface area contributed by atoms with Crippen LogP contribution in [0.3, 0.4) is 0 Å². The number of rotatable bonds is 6. The summed E-state index contributed by atoms with van der Waals surface area (Å²) in [7, 11) is 0. The van der Waals surface area contributed by atoms with Crippen molar-refractivity contribution in [2.24, 2.45) is 28.6 Å². The number of hydrogen-bond donors (Lipinski definition) is 3. The molecule has 0 aromatic heterocycles. The molecule has 3 fully saturated rings. The Kier molecular flexibility index (Phi) is 5.90. The van der Waals surface area contributed by atoms with Crippen molar-refractivity contribution in [2.45, 2.75) is 70.5 Å². The molecule has 0 aromatic rings. The fraction of sp³-hybridized carbons (Fsp3) is 0.680. The molecule has 4 aliphatic carbocycles. The fourth-order valence-corrected chi connectivity index (χ4v) is 7.34. The first-order valence-corrected chi connectivity index (χ1v) is 11.7. The lowest BCUT2D eigenvalue weighted by atomic mass is 9.46. The highest BCUT2D eigenvalue weighted by Gasteiger charge is 2.68. The summed E-state index contributed by atoms with van der Waals surface area (Å²) in [6.45, 7) is 3.30. The minimum atomic E-state index is -1.73. The first-order chi connectivity index (χ1) is 15.4. The van der Waals surface area contributed by atoms with Crippen LogP contribution in [0.4, 0.5) is 0 Å². The van der Waals surface area contributed by atoms with Crippen LogP contribution in [-0.4, -0.2) is 57.1 Å². The van der Waals surface area contributed by atoms with E-state index in [1.54, 1.807) is 12.2 Å². The van der Waals surface area contributed by atoms with Gasteiger partial charge in [-0.3, -0.25) is 19.2 Å². The molecule has 0 saturated heterocycles. The first-order valence-electron chi connectivity index (χ1n) is 11.7. The number of fused-ring (bicyclic) bond motifs is 5. The first kappa shape index (κ1) is 23.8. The minimum absolute atomic E-state index is 0.00645. The number of aliphatic hydroxyl groups excluding tert-OH is 1. The van der Waals surface area contributed by atoms with E-state index in [1.165, 1.54) is 0 Å². The fourth-order valence-electron chi connectivity index (χ4n) is 7.34. The van der Waals surface area contributed by atoms with Crippen LogP contribution in [0, 0.1) is 28.6 Å². The average molecular weight is 461 g/mol. The van der Waals surface area contributed by atoms with Crippen molar-refractivity contribution in [3.63, 3.8) is 0 Å². The van der Waals surface area contributed by atoms with Gasteiger partial charge in [0, 0.05) is 16.7 Å². The van der Waals surface area contributed by atoms with Gasteiger partial charge in [0.2, 0.25) is 5.78 Å². The Morgan fingerprint density at radius 1 is 1.18 bits per heavy atom. The Balaban J connectivity index is 1.53. The average Bonchev–Trinajstić information content (AvgIpc) is 3.02. The summed E-state index contributed by atoms with van der Waals surface area (Å²) in [5.41, 5.74) is -1.99. The van der Waals surface area contributed by atoms with E-state index in [0.29, 0.717) is 6.42 Å². The predicted molar refractivity (Wildman–Crippen MR) is 116 cm³/mol. The second-order valence-electron chi connectivity index (χ2n) is 10.6. The van der Waals surface area contributed by atoms with E-state index in [4.69, 9.17) is 9.84 Å². The van der Waals surface area contributed by atoms with Crippen LogP contribution < -0.4 is 0 Å². The van der Waals surface area contributed by atoms with Crippen molar-refractivity contribution in [1.82, 2.24) is 0 Å². The van der Waals surface area contributed by atoms with Gasteiger partial charge in [0.15, 0.2) is 12.4 Å². The van der Waals surface area contributed by atoms with Gasteiger partial charge in [-0.15, -0.1) is 0 Å². The number of aliphatic hydroxyl groups is 2. The number of allylic oxidation sites excluding steroid dienone is 4. The molecule has 8 heteroatoms. The highest BCUT2D eigenvalue weighted by Crippen LogP contribution is 2.67. The Hall–Kier alpha value is -2.32. The van der Waals surface area contributed by atoms with Crippen molar-refractivity contribution < 1.29 is 39.2 Å². The van der Waals surface area contributed by atoms with E-state index in [0.717, 1.165) is 18.4 Å². The molecule has 0 spiro atoms. The molecule has 0 aromatic carbocycles. The number of carbonyl (C=O) groups is 4. The number of carbonyl (C=O) groups excluding carboxylic acids is 3. The van der Waals surface area contributed by atoms with Crippen LogP contribution in [0.1, 0.15) is 58.8 Å². The SMILES string of the molecule is C[C@]12C=CC(=O)C=C1CC[C@@H]1[C@H]2[C@@H](O)C[C@@]2(C)[C@@H]1CC[C@]2(O)C(=O)COC(=O)CCC(=O)O. The molecule has 4 rings (SSSR count). The quantitative estimate of drug-likeness (QED) is 0.512. The molecule has 4 aliphatic rings. The van der Waals surface area contributed by atoms with Crippen LogP contribution in [0.15, 0.2) is 23.8 Å². The summed E-state index contributed by atoms with van der Waals surface area (Å²) in [5, 5.41) is 31.6. The number of ketones is 2. The van der Waals surface area contributed by atoms with Crippen LogP contribution in [-0.2, 0) is 23.9 Å². The molecular weight excluding hydrogens is 428 g/mol. The topological polar surface area (TPSA) is 138 Å². The molecule has 0 heterocycles. The number of Topliss-reactive ketones (excluding diaryl/α,β-unsaturated/α-hetero) is 1. The van der Waals surface area contributed by atoms with Gasteiger partial charge >= 0.3 is 11.9 Å². The number of aliphatic carboxylic acids is 1. The van der Waals surface area contributed by atoms with Crippen LogP contribution in [0.25, 0.3) is 0 Å². The number of esters is 1. The Labute approximate surface area is 192 Å². The zero-order valence-corrected chi connectivity index (χ0v) is 19.1. The molecule has 0 unspecified atom stereocenters. The van der Waals surface area contributed by atoms with Crippen LogP contribution >= 0.6 is 0 Å². The molecule has 0 radical (unpaired) electrons. The standard InChI is InChI=1S/C25H32O8/c1-23-9-7-15(26)11-14(23)3-4-16-17-8-10-25(32,24(17,2)12-18(27)22(16)23)19(28)13-33-21(31)6-5-20(29)30/h7,9,11,16-18,22,27,32H,3-6,8,10,12-13H2,1-2H3,(H,29,30)/t16-,17+,18-,22-,23-,24-,25-/m0/s1. The smallest absolute Gasteiger partial charge is 0.306 e. The van der Waals surface area contributed by atoms with Gasteiger partial charge in [0.05, 0.1) is 18.9 Å². The maximum atomic E-state index is 13.1. The third-order valence-corrected chi connectivity index (χ3v) is 9.02. The van der Waals surface area contributed by atoms with Crippen LogP contribution in [0.5, 0.6) is 0 Å². The van der Waals surface area contributed by atoms with E-state index in [9.17, 15) is 29.4 Å². The van der Waals surface area contributed by atoms with Crippen molar-refractivity contribution >= 4 is 23.5 Å². The highest BCUT2D eigenvalue weighted by molar-refractivity contribution is 6.01. The molecular formula is C25H32O8. The van der Waals surface area contributed by atoms with E-state index >= 15 is 0 Å². The third kappa shape index (κ3) is 3.67. The maximum Gasteiger partial charge on any atom is 0.306 e. The van der Waals surface area contributed by atoms with Gasteiger partial charge in [-0.25, -0.2) is 0 Å². The van der Waals surface area contributed by atoms with Gasteiger partial charge in [0.25, 0.3) is 0 Å². The molecule has 180 valence electrons. The zero-order chi connectivity index (χ0) is 24.2. The number of carboxylic acid groups (broad SMARTS) is 1. The summed E-state index contributed by atoms with van der Waals surface area (Å²) < 4.78 is 4.96. The Morgan fingerprint density at radius 3 is 2.61 bits per heavy atom. The molecule has 3 saturated carbocycles. The predicted octanol–water partition coefficient (Wildman–Crippen LogP) is 1.97. The number of carboxylic acids is 1. The van der Waals surface area contributed by atoms with Crippen molar-refractivity contribution in [3.05, 3.63) is 23.8 Å². The monoisotopic (exact) mass is 460 g/mol. The lowest BCUT2D eigenvalue weighted by Crippen LogP contribution is -2.61. The Morgan fingerprint density at radius 2 is 1.91 bits per heavy atom. The molecule has 0 amide bonds. The van der Waals surface area contributed by atoms with Gasteiger partial charge in [0.1, 0.15) is 5.60 Å². The maximum absolute atomic E-state index is 13.1. The molecule has 0 bridgehead atoms. The van der Waals surface area contributed by atoms with E-state index in [-0.39, 0.29) is 49.2 Å². The van der Waals surface area contributed by atoms with E-state index < -0.39 is 46.9 Å². The summed E-state index contributed by atoms with van der Waals surface area (Å²) in [6.07, 6.45) is 6.27. The lowest BCUT2D eigenvalue weighted by molar-refractivity contribution is -0.181. The van der Waals surface area contributed by atoms with Gasteiger partial charge in [-0.05, 0) is 56.1 Å². The summed E-state index contributed by atoms with van der Waals surface area (Å²) >= 11 is 0. The van der Waals surface area contributed by atoms with Crippen molar-refractivity contribution in [1.29, 1.82) is 0 Å². The Bertz CT molecular complexity index is 950. The summed E-state index contributed by atoms with van der Waals surface area (Å²) in [6, 6.07) is 0. The van der Waals surface area contributed by atoms with Gasteiger partial charge in [-0.2, -0.15) is 0 Å². The molecule has 33 heavy (non-hydrogen) atoms. The molecule has 8 nitrogen and oxygen atoms in total. The lowest BCUT2D eigenvalue weighted by Gasteiger charge is -2.59. The number of ether oxygens (including phenoxy) is 1. The summed E-state index contributed by atoms with van der Waals surface area (Å²) in [4.78, 5) is 47.4. The highest BCUT2D eigenvalue weighted by atomic mass is 16.5. The number of hydrogen-bond acceptors (Lipinski definition) is 7. The second kappa shape index (κ2) is 8.17. The summed E-state index contributed by atoms with van der Waals surface area (Å²) in [5.74, 6) is -2.58. The van der Waals surface area contributed by atoms with E-state index in [2.05, 4.69) is 6.92 Å².